The minimum Gasteiger partial charge on any atom is -0.504 e. The topological polar surface area (TPSA) is 155 Å². The summed E-state index contributed by atoms with van der Waals surface area (Å²) in [6.07, 6.45) is 1.60. The van der Waals surface area contributed by atoms with Crippen molar-refractivity contribution in [3.05, 3.63) is 54.7 Å². The van der Waals surface area contributed by atoms with Gasteiger partial charge in [-0.15, -0.1) is 24.8 Å². The van der Waals surface area contributed by atoms with Gasteiger partial charge in [0.25, 0.3) is 0 Å². The number of benzene rings is 2. The first kappa shape index (κ1) is 23.7. The Hall–Kier alpha value is -3.33. The number of fused-ring (bicyclic) bond motifs is 1. The minimum atomic E-state index is -0.287. The Balaban J connectivity index is 0.00000140. The lowest BCUT2D eigenvalue weighted by Crippen LogP contribution is -1.96. The number of aromatic hydroxyl groups is 4. The zero-order valence-corrected chi connectivity index (χ0v) is 16.5. The molecule has 2 heterocycles. The number of hydrogen-bond acceptors (Lipinski definition) is 8. The molecule has 0 aliphatic heterocycles. The summed E-state index contributed by atoms with van der Waals surface area (Å²) in [5.41, 5.74) is 2.87. The standard InChI is InChI=1S/C19H13N3O4.2ClH.H3N/c23-13-5-3-10(8-15(13)25)17-18(11-4-6-14(24)16(26)9-11)22-19-12(21-17)2-1-7-20-19;;;/h1-9,23-26H;2*1H;1H3. The van der Waals surface area contributed by atoms with Crippen molar-refractivity contribution in [1.29, 1.82) is 0 Å². The van der Waals surface area contributed by atoms with E-state index in [2.05, 4.69) is 15.0 Å². The highest BCUT2D eigenvalue weighted by molar-refractivity contribution is 5.86. The third-order valence-corrected chi connectivity index (χ3v) is 3.94. The minimum absolute atomic E-state index is 0. The number of nitrogens with zero attached hydrogens (tertiary/aromatic N) is 3. The number of halogens is 2. The second-order valence-electron chi connectivity index (χ2n) is 5.67. The number of phenols is 4. The summed E-state index contributed by atoms with van der Waals surface area (Å²) < 4.78 is 0. The van der Waals surface area contributed by atoms with Crippen molar-refractivity contribution in [2.75, 3.05) is 0 Å². The molecule has 0 unspecified atom stereocenters. The number of aromatic nitrogens is 3. The second-order valence-corrected chi connectivity index (χ2v) is 5.67. The predicted octanol–water partition coefficient (Wildman–Crippen LogP) is 4.19. The molecule has 0 saturated carbocycles. The van der Waals surface area contributed by atoms with E-state index in [0.717, 1.165) is 0 Å². The molecule has 0 amide bonds. The summed E-state index contributed by atoms with van der Waals surface area (Å²) in [6, 6.07) is 12.2. The van der Waals surface area contributed by atoms with Crippen molar-refractivity contribution >= 4 is 36.0 Å². The Kier molecular flexibility index (Phi) is 7.56. The molecular weight excluding hydrogens is 419 g/mol. The van der Waals surface area contributed by atoms with Crippen molar-refractivity contribution in [2.24, 2.45) is 0 Å². The number of hydrogen-bond donors (Lipinski definition) is 5. The van der Waals surface area contributed by atoms with Crippen LogP contribution in [0.4, 0.5) is 0 Å². The van der Waals surface area contributed by atoms with Crippen LogP contribution in [0.3, 0.4) is 0 Å². The van der Waals surface area contributed by atoms with Gasteiger partial charge in [-0.05, 0) is 48.5 Å². The first-order valence-electron chi connectivity index (χ1n) is 7.70. The highest BCUT2D eigenvalue weighted by atomic mass is 35.5. The number of pyridine rings is 1. The van der Waals surface area contributed by atoms with E-state index >= 15 is 0 Å². The van der Waals surface area contributed by atoms with E-state index < -0.39 is 0 Å². The lowest BCUT2D eigenvalue weighted by molar-refractivity contribution is 0.404. The summed E-state index contributed by atoms with van der Waals surface area (Å²) in [6.45, 7) is 0. The van der Waals surface area contributed by atoms with Gasteiger partial charge in [0.05, 0.1) is 11.4 Å². The zero-order chi connectivity index (χ0) is 18.3. The van der Waals surface area contributed by atoms with Gasteiger partial charge in [-0.1, -0.05) is 0 Å². The van der Waals surface area contributed by atoms with Gasteiger partial charge in [-0.25, -0.2) is 15.0 Å². The SMILES string of the molecule is Cl.Cl.N.Oc1ccc(-c2nc3cccnc3nc2-c2ccc(O)c(O)c2)cc1O. The van der Waals surface area contributed by atoms with Gasteiger partial charge >= 0.3 is 0 Å². The van der Waals surface area contributed by atoms with Crippen molar-refractivity contribution in [1.82, 2.24) is 21.1 Å². The summed E-state index contributed by atoms with van der Waals surface area (Å²) in [5, 5.41) is 38.8. The van der Waals surface area contributed by atoms with E-state index in [-0.39, 0.29) is 54.0 Å². The van der Waals surface area contributed by atoms with Crippen LogP contribution in [0.25, 0.3) is 33.7 Å². The Morgan fingerprint density at radius 3 is 1.66 bits per heavy atom. The fourth-order valence-electron chi connectivity index (χ4n) is 2.64. The quantitative estimate of drug-likeness (QED) is 0.293. The van der Waals surface area contributed by atoms with Gasteiger partial charge in [0.2, 0.25) is 0 Å². The molecule has 4 aromatic rings. The molecule has 2 aromatic heterocycles. The molecule has 2 aromatic carbocycles. The summed E-state index contributed by atoms with van der Waals surface area (Å²) in [7, 11) is 0. The summed E-state index contributed by atoms with van der Waals surface area (Å²) in [5.74, 6) is -1.06. The molecule has 8 nitrogen and oxygen atoms in total. The van der Waals surface area contributed by atoms with Gasteiger partial charge in [0.15, 0.2) is 28.6 Å². The molecule has 152 valence electrons. The molecule has 0 radical (unpaired) electrons. The van der Waals surface area contributed by atoms with Gasteiger partial charge in [0, 0.05) is 17.3 Å². The largest absolute Gasteiger partial charge is 0.504 e. The summed E-state index contributed by atoms with van der Waals surface area (Å²) in [4.78, 5) is 13.3. The van der Waals surface area contributed by atoms with Crippen molar-refractivity contribution in [2.45, 2.75) is 0 Å². The Morgan fingerprint density at radius 1 is 0.621 bits per heavy atom. The van der Waals surface area contributed by atoms with Crippen LogP contribution in [-0.2, 0) is 0 Å². The normalized spacial score (nSPS) is 9.79. The van der Waals surface area contributed by atoms with Crippen LogP contribution in [0.15, 0.2) is 54.7 Å². The van der Waals surface area contributed by atoms with Crippen molar-refractivity contribution in [3.63, 3.8) is 0 Å². The third kappa shape index (κ3) is 4.40. The Bertz CT molecular complexity index is 1070. The molecule has 0 saturated heterocycles. The molecule has 0 atom stereocenters. The van der Waals surface area contributed by atoms with Crippen LogP contribution in [0.5, 0.6) is 23.0 Å². The Morgan fingerprint density at radius 2 is 1.14 bits per heavy atom. The molecule has 0 aliphatic carbocycles. The highest BCUT2D eigenvalue weighted by Crippen LogP contribution is 2.37. The molecule has 10 heteroatoms. The second kappa shape index (κ2) is 9.24. The maximum absolute atomic E-state index is 9.83. The van der Waals surface area contributed by atoms with Gasteiger partial charge in [0.1, 0.15) is 5.52 Å². The molecule has 4 rings (SSSR count). The van der Waals surface area contributed by atoms with E-state index in [1.165, 1.54) is 24.3 Å². The predicted molar refractivity (Wildman–Crippen MR) is 114 cm³/mol. The van der Waals surface area contributed by atoms with Crippen LogP contribution in [0, 0.1) is 0 Å². The fraction of sp³-hybridized carbons (Fsp3) is 0. The highest BCUT2D eigenvalue weighted by Gasteiger charge is 2.16. The molecule has 29 heavy (non-hydrogen) atoms. The third-order valence-electron chi connectivity index (χ3n) is 3.94. The van der Waals surface area contributed by atoms with Crippen molar-refractivity contribution < 1.29 is 20.4 Å². The van der Waals surface area contributed by atoms with E-state index in [0.29, 0.717) is 33.7 Å². The smallest absolute Gasteiger partial charge is 0.178 e. The zero-order valence-electron chi connectivity index (χ0n) is 14.9. The molecule has 0 spiro atoms. The molecule has 0 aliphatic rings. The lowest BCUT2D eigenvalue weighted by Gasteiger charge is -2.11. The van der Waals surface area contributed by atoms with E-state index in [9.17, 15) is 20.4 Å². The van der Waals surface area contributed by atoms with Crippen LogP contribution < -0.4 is 6.15 Å². The molecule has 0 bridgehead atoms. The molecule has 7 N–H and O–H groups in total. The van der Waals surface area contributed by atoms with Gasteiger partial charge < -0.3 is 26.6 Å². The molecular formula is C19H18Cl2N4O4. The lowest BCUT2D eigenvalue weighted by atomic mass is 10.0. The average Bonchev–Trinajstić information content (AvgIpc) is 2.65. The van der Waals surface area contributed by atoms with E-state index in [4.69, 9.17) is 0 Å². The maximum Gasteiger partial charge on any atom is 0.178 e. The van der Waals surface area contributed by atoms with Crippen LogP contribution in [-0.4, -0.2) is 35.4 Å². The first-order chi connectivity index (χ1) is 12.5. The summed E-state index contributed by atoms with van der Waals surface area (Å²) >= 11 is 0. The first-order valence-corrected chi connectivity index (χ1v) is 7.70. The van der Waals surface area contributed by atoms with Crippen LogP contribution in [0.1, 0.15) is 0 Å². The maximum atomic E-state index is 9.83. The van der Waals surface area contributed by atoms with E-state index in [1.54, 1.807) is 30.5 Å². The fourth-order valence-corrected chi connectivity index (χ4v) is 2.64. The van der Waals surface area contributed by atoms with Crippen LogP contribution >= 0.6 is 24.8 Å². The average molecular weight is 437 g/mol. The molecule has 0 fully saturated rings. The monoisotopic (exact) mass is 436 g/mol. The van der Waals surface area contributed by atoms with Crippen molar-refractivity contribution in [3.8, 4) is 45.5 Å². The number of rotatable bonds is 2. The van der Waals surface area contributed by atoms with Crippen LogP contribution in [0.2, 0.25) is 0 Å². The Labute approximate surface area is 178 Å². The van der Waals surface area contributed by atoms with Gasteiger partial charge in [-0.2, -0.15) is 0 Å². The van der Waals surface area contributed by atoms with Gasteiger partial charge in [-0.3, -0.25) is 0 Å². The number of phenolic OH excluding ortho intramolecular Hbond substituents is 4. The van der Waals surface area contributed by atoms with E-state index in [1.807, 2.05) is 0 Å².